The molecule has 2 unspecified atom stereocenters. The number of aromatic nitrogens is 1. The van der Waals surface area contributed by atoms with Crippen molar-refractivity contribution < 1.29 is 4.79 Å². The lowest BCUT2D eigenvalue weighted by Gasteiger charge is -2.39. The van der Waals surface area contributed by atoms with Crippen LogP contribution >= 0.6 is 12.4 Å². The number of para-hydroxylation sites is 1. The fraction of sp³-hybridized carbons (Fsp3) is 0.364. The third kappa shape index (κ3) is 3.12. The number of rotatable bonds is 1. The Morgan fingerprint density at radius 2 is 2.00 bits per heavy atom. The Balaban J connectivity index is 0.00000180. The number of carbonyl (C=O) groups excluding carboxylic acids is 1. The van der Waals surface area contributed by atoms with E-state index in [1.54, 1.807) is 0 Å². The van der Waals surface area contributed by atoms with Gasteiger partial charge in [0, 0.05) is 30.7 Å². The lowest BCUT2D eigenvalue weighted by molar-refractivity contribution is 0.186. The first kappa shape index (κ1) is 18.1. The molecule has 2 bridgehead atoms. The minimum Gasteiger partial charge on any atom is -0.315 e. The second-order valence-corrected chi connectivity index (χ2v) is 7.51. The Hall–Kier alpha value is -2.33. The molecule has 5 rings (SSSR count). The van der Waals surface area contributed by atoms with Crippen LogP contribution in [0.2, 0.25) is 0 Å². The van der Waals surface area contributed by atoms with E-state index in [9.17, 15) is 4.79 Å². The first-order valence-corrected chi connectivity index (χ1v) is 9.60. The lowest BCUT2D eigenvalue weighted by atomic mass is 9.96. The Kier molecular flexibility index (Phi) is 4.92. The summed E-state index contributed by atoms with van der Waals surface area (Å²) in [7, 11) is 0. The predicted molar refractivity (Wildman–Crippen MR) is 110 cm³/mol. The summed E-state index contributed by atoms with van der Waals surface area (Å²) in [5.74, 6) is 0. The molecule has 3 aliphatic heterocycles. The molecule has 4 heterocycles. The van der Waals surface area contributed by atoms with Gasteiger partial charge in [-0.3, -0.25) is 9.88 Å². The maximum absolute atomic E-state index is 13.4. The Bertz CT molecular complexity index is 867. The summed E-state index contributed by atoms with van der Waals surface area (Å²) in [6, 6.07) is 13.2. The molecule has 2 atom stereocenters. The lowest BCUT2D eigenvalue weighted by Crippen LogP contribution is -2.51. The van der Waals surface area contributed by atoms with Gasteiger partial charge in [-0.1, -0.05) is 30.3 Å². The molecule has 0 spiro atoms. The maximum Gasteiger partial charge on any atom is 0.325 e. The zero-order valence-electron chi connectivity index (χ0n) is 15.3. The summed E-state index contributed by atoms with van der Waals surface area (Å²) in [5, 5.41) is 0. The van der Waals surface area contributed by atoms with Gasteiger partial charge in [0.15, 0.2) is 0 Å². The molecule has 0 N–H and O–H groups in total. The molecule has 5 heteroatoms. The number of amides is 2. The average molecular weight is 382 g/mol. The number of aryl methyl sites for hydroxylation is 1. The van der Waals surface area contributed by atoms with Crippen molar-refractivity contribution in [3.63, 3.8) is 0 Å². The van der Waals surface area contributed by atoms with Gasteiger partial charge >= 0.3 is 6.03 Å². The quantitative estimate of drug-likeness (QED) is 0.718. The molecule has 140 valence electrons. The van der Waals surface area contributed by atoms with Crippen molar-refractivity contribution in [2.45, 2.75) is 44.2 Å². The number of hydrogen-bond acceptors (Lipinski definition) is 2. The SMILES string of the molecule is Cl.O=C(N1CCCc2ccccc21)N1C2C=C(c3cccnc3)CC1CC2. The van der Waals surface area contributed by atoms with Crippen LogP contribution in [-0.4, -0.2) is 34.5 Å². The fourth-order valence-electron chi connectivity index (χ4n) is 4.77. The van der Waals surface area contributed by atoms with Crippen LogP contribution in [0.25, 0.3) is 5.57 Å². The van der Waals surface area contributed by atoms with Gasteiger partial charge in [0.25, 0.3) is 0 Å². The standard InChI is InChI=1S/C22H23N3O.ClH/c26-22(24-12-4-7-16-5-1-2-8-21(16)24)25-19-9-10-20(25)14-18(13-19)17-6-3-11-23-15-17;/h1-3,5-6,8,11,13,15,19-20H,4,7,9-10,12,14H2;1H. The Labute approximate surface area is 166 Å². The number of fused-ring (bicyclic) bond motifs is 3. The van der Waals surface area contributed by atoms with Crippen LogP contribution in [0.1, 0.15) is 36.8 Å². The van der Waals surface area contributed by atoms with E-state index in [-0.39, 0.29) is 24.5 Å². The van der Waals surface area contributed by atoms with Gasteiger partial charge in [0.2, 0.25) is 0 Å². The second-order valence-electron chi connectivity index (χ2n) is 7.51. The summed E-state index contributed by atoms with van der Waals surface area (Å²) in [6.07, 6.45) is 11.2. The van der Waals surface area contributed by atoms with E-state index < -0.39 is 0 Å². The Morgan fingerprint density at radius 3 is 2.81 bits per heavy atom. The summed E-state index contributed by atoms with van der Waals surface area (Å²) < 4.78 is 0. The number of anilines is 1. The van der Waals surface area contributed by atoms with E-state index >= 15 is 0 Å². The second kappa shape index (κ2) is 7.35. The molecule has 1 saturated heterocycles. The van der Waals surface area contributed by atoms with E-state index in [1.807, 2.05) is 29.4 Å². The van der Waals surface area contributed by atoms with Crippen molar-refractivity contribution in [2.24, 2.45) is 0 Å². The van der Waals surface area contributed by atoms with Gasteiger partial charge < -0.3 is 4.90 Å². The number of benzene rings is 1. The smallest absolute Gasteiger partial charge is 0.315 e. The minimum absolute atomic E-state index is 0. The van der Waals surface area contributed by atoms with E-state index in [0.717, 1.165) is 44.3 Å². The highest BCUT2D eigenvalue weighted by Crippen LogP contribution is 2.40. The van der Waals surface area contributed by atoms with Crippen LogP contribution in [0, 0.1) is 0 Å². The molecule has 3 aliphatic rings. The van der Waals surface area contributed by atoms with Gasteiger partial charge in [-0.15, -0.1) is 12.4 Å². The van der Waals surface area contributed by atoms with Crippen molar-refractivity contribution in [3.05, 3.63) is 66.0 Å². The largest absolute Gasteiger partial charge is 0.325 e. The van der Waals surface area contributed by atoms with Crippen LogP contribution in [0.15, 0.2) is 54.9 Å². The first-order valence-electron chi connectivity index (χ1n) is 9.60. The molecule has 1 aromatic heterocycles. The van der Waals surface area contributed by atoms with Crippen LogP contribution in [-0.2, 0) is 6.42 Å². The molecule has 1 fully saturated rings. The van der Waals surface area contributed by atoms with E-state index in [2.05, 4.69) is 40.2 Å². The van der Waals surface area contributed by atoms with Crippen molar-refractivity contribution >= 4 is 29.7 Å². The normalized spacial score (nSPS) is 23.3. The number of urea groups is 1. The third-order valence-corrected chi connectivity index (χ3v) is 5.99. The summed E-state index contributed by atoms with van der Waals surface area (Å²) >= 11 is 0. The van der Waals surface area contributed by atoms with E-state index in [0.29, 0.717) is 6.04 Å². The van der Waals surface area contributed by atoms with Gasteiger partial charge in [0.1, 0.15) is 0 Å². The molecule has 0 radical (unpaired) electrons. The highest BCUT2D eigenvalue weighted by Gasteiger charge is 2.42. The molecule has 4 nitrogen and oxygen atoms in total. The fourth-order valence-corrected chi connectivity index (χ4v) is 4.77. The predicted octanol–water partition coefficient (Wildman–Crippen LogP) is 4.70. The summed E-state index contributed by atoms with van der Waals surface area (Å²) in [5.41, 5.74) is 4.93. The van der Waals surface area contributed by atoms with Crippen molar-refractivity contribution in [3.8, 4) is 0 Å². The topological polar surface area (TPSA) is 36.4 Å². The van der Waals surface area contributed by atoms with Gasteiger partial charge in [-0.2, -0.15) is 0 Å². The monoisotopic (exact) mass is 381 g/mol. The highest BCUT2D eigenvalue weighted by atomic mass is 35.5. The van der Waals surface area contributed by atoms with Gasteiger partial charge in [0.05, 0.1) is 6.04 Å². The number of carbonyl (C=O) groups is 1. The first-order chi connectivity index (χ1) is 12.8. The minimum atomic E-state index is 0. The molecular formula is C22H24ClN3O. The summed E-state index contributed by atoms with van der Waals surface area (Å²) in [4.78, 5) is 21.8. The molecular weight excluding hydrogens is 358 g/mol. The van der Waals surface area contributed by atoms with Crippen molar-refractivity contribution in [1.29, 1.82) is 0 Å². The molecule has 2 aromatic rings. The van der Waals surface area contributed by atoms with Crippen LogP contribution in [0.3, 0.4) is 0 Å². The highest BCUT2D eigenvalue weighted by molar-refractivity contribution is 5.94. The number of halogens is 1. The van der Waals surface area contributed by atoms with Crippen molar-refractivity contribution in [2.75, 3.05) is 11.4 Å². The molecule has 0 aliphatic carbocycles. The zero-order chi connectivity index (χ0) is 17.5. The zero-order valence-corrected chi connectivity index (χ0v) is 16.1. The molecule has 2 amide bonds. The van der Waals surface area contributed by atoms with Crippen LogP contribution < -0.4 is 4.90 Å². The molecule has 1 aromatic carbocycles. The van der Waals surface area contributed by atoms with E-state index in [1.165, 1.54) is 16.7 Å². The summed E-state index contributed by atoms with van der Waals surface area (Å²) in [6.45, 7) is 0.824. The Morgan fingerprint density at radius 1 is 1.11 bits per heavy atom. The maximum atomic E-state index is 13.4. The third-order valence-electron chi connectivity index (χ3n) is 5.99. The van der Waals surface area contributed by atoms with Crippen LogP contribution in [0.5, 0.6) is 0 Å². The van der Waals surface area contributed by atoms with Crippen molar-refractivity contribution in [1.82, 2.24) is 9.88 Å². The van der Waals surface area contributed by atoms with Gasteiger partial charge in [-0.05, 0) is 60.9 Å². The number of hydrogen-bond donors (Lipinski definition) is 0. The number of pyridine rings is 1. The number of nitrogens with zero attached hydrogens (tertiary/aromatic N) is 3. The van der Waals surface area contributed by atoms with E-state index in [4.69, 9.17) is 0 Å². The molecule has 27 heavy (non-hydrogen) atoms. The van der Waals surface area contributed by atoms with Gasteiger partial charge in [-0.25, -0.2) is 4.79 Å². The average Bonchev–Trinajstić information content (AvgIpc) is 2.97. The molecule has 0 saturated carbocycles. The van der Waals surface area contributed by atoms with Crippen LogP contribution in [0.4, 0.5) is 10.5 Å².